The molecule has 0 radical (unpaired) electrons. The van der Waals surface area contributed by atoms with Crippen LogP contribution in [0.25, 0.3) is 0 Å². The van der Waals surface area contributed by atoms with Crippen LogP contribution in [-0.4, -0.2) is 23.8 Å². The minimum absolute atomic E-state index is 0.0600. The predicted molar refractivity (Wildman–Crippen MR) is 41.6 cm³/mol. The van der Waals surface area contributed by atoms with Gasteiger partial charge in [-0.05, 0) is 18.7 Å². The van der Waals surface area contributed by atoms with Gasteiger partial charge < -0.3 is 5.32 Å². The Morgan fingerprint density at radius 1 is 1.58 bits per heavy atom. The number of rotatable bonds is 4. The third-order valence-corrected chi connectivity index (χ3v) is 1.75. The first kappa shape index (κ1) is 11.6. The molecular weight excluding hydrogens is 189 g/mol. The van der Waals surface area contributed by atoms with Gasteiger partial charge >= 0.3 is 5.51 Å². The molecule has 0 saturated heterocycles. The Kier molecular flexibility index (Phi) is 5.09. The van der Waals surface area contributed by atoms with Gasteiger partial charge in [0.25, 0.3) is 0 Å². The van der Waals surface area contributed by atoms with Crippen LogP contribution in [0.5, 0.6) is 0 Å². The minimum Gasteiger partial charge on any atom is -0.301 e. The molecule has 0 rings (SSSR count). The molecule has 0 aromatic carbocycles. The minimum atomic E-state index is -4.17. The number of halogens is 3. The average Bonchev–Trinajstić information content (AvgIpc) is 1.96. The summed E-state index contributed by atoms with van der Waals surface area (Å²) in [7, 11) is 0. The Morgan fingerprint density at radius 3 is 2.58 bits per heavy atom. The molecule has 0 aliphatic heterocycles. The lowest BCUT2D eigenvalue weighted by Crippen LogP contribution is -2.27. The highest BCUT2D eigenvalue weighted by Gasteiger charge is 2.27. The predicted octanol–water partition coefficient (Wildman–Crippen LogP) is 1.74. The second-order valence-electron chi connectivity index (χ2n) is 2.10. The topological polar surface area (TPSA) is 35.8 Å². The summed E-state index contributed by atoms with van der Waals surface area (Å²) < 4.78 is 34.6. The largest absolute Gasteiger partial charge is 0.441 e. The molecule has 6 heteroatoms. The monoisotopic (exact) mass is 198 g/mol. The zero-order valence-corrected chi connectivity index (χ0v) is 7.30. The molecule has 1 N–H and O–H groups in total. The molecule has 0 amide bonds. The molecule has 70 valence electrons. The summed E-state index contributed by atoms with van der Waals surface area (Å²) in [5, 5.41) is 10.9. The Morgan fingerprint density at radius 2 is 2.17 bits per heavy atom. The summed E-state index contributed by atoms with van der Waals surface area (Å²) in [5.74, 6) is -0.0600. The molecule has 0 aliphatic carbocycles. The van der Waals surface area contributed by atoms with E-state index < -0.39 is 5.51 Å². The van der Waals surface area contributed by atoms with Crippen LogP contribution >= 0.6 is 11.8 Å². The number of nitrogens with zero attached hydrogens (tertiary/aromatic N) is 1. The van der Waals surface area contributed by atoms with Crippen molar-refractivity contribution in [3.8, 4) is 6.07 Å². The van der Waals surface area contributed by atoms with Gasteiger partial charge in [-0.2, -0.15) is 18.4 Å². The number of nitrogens with one attached hydrogen (secondary N) is 1. The van der Waals surface area contributed by atoms with E-state index in [-0.39, 0.29) is 30.1 Å². The van der Waals surface area contributed by atoms with E-state index in [2.05, 4.69) is 5.32 Å². The molecule has 1 unspecified atom stereocenters. The average molecular weight is 198 g/mol. The van der Waals surface area contributed by atoms with Gasteiger partial charge in [-0.25, -0.2) is 0 Å². The van der Waals surface area contributed by atoms with Gasteiger partial charge in [0.1, 0.15) is 0 Å². The smallest absolute Gasteiger partial charge is 0.301 e. The van der Waals surface area contributed by atoms with Gasteiger partial charge in [-0.3, -0.25) is 0 Å². The standard InChI is InChI=1S/C6H9F3N2S/c1-5(4-10)11-2-3-12-6(7,8)9/h5,11H,2-3H2,1H3. The lowest BCUT2D eigenvalue weighted by molar-refractivity contribution is -0.0327. The van der Waals surface area contributed by atoms with Crippen LogP contribution < -0.4 is 5.32 Å². The second kappa shape index (κ2) is 5.27. The highest BCUT2D eigenvalue weighted by Crippen LogP contribution is 2.29. The maximum absolute atomic E-state index is 11.5. The Bertz CT molecular complexity index is 163. The van der Waals surface area contributed by atoms with Crippen molar-refractivity contribution in [3.05, 3.63) is 0 Å². The van der Waals surface area contributed by atoms with Gasteiger partial charge in [-0.15, -0.1) is 0 Å². The van der Waals surface area contributed by atoms with E-state index in [1.165, 1.54) is 0 Å². The quantitative estimate of drug-likeness (QED) is 0.699. The number of thioether (sulfide) groups is 1. The van der Waals surface area contributed by atoms with Gasteiger partial charge in [-0.1, -0.05) is 0 Å². The van der Waals surface area contributed by atoms with Crippen molar-refractivity contribution >= 4 is 11.8 Å². The summed E-state index contributed by atoms with van der Waals surface area (Å²) in [4.78, 5) is 0. The van der Waals surface area contributed by atoms with E-state index in [0.717, 1.165) is 0 Å². The normalized spacial score (nSPS) is 13.9. The van der Waals surface area contributed by atoms with E-state index in [9.17, 15) is 13.2 Å². The number of hydrogen-bond acceptors (Lipinski definition) is 3. The van der Waals surface area contributed by atoms with Crippen molar-refractivity contribution in [2.75, 3.05) is 12.3 Å². The van der Waals surface area contributed by atoms with E-state index in [4.69, 9.17) is 5.26 Å². The van der Waals surface area contributed by atoms with Crippen LogP contribution in [0.15, 0.2) is 0 Å². The van der Waals surface area contributed by atoms with E-state index in [0.29, 0.717) is 0 Å². The third-order valence-electron chi connectivity index (χ3n) is 1.01. The summed E-state index contributed by atoms with van der Waals surface area (Å²) in [6.07, 6.45) is 0. The molecule has 0 bridgehead atoms. The molecule has 1 atom stereocenters. The van der Waals surface area contributed by atoms with Crippen molar-refractivity contribution in [2.45, 2.75) is 18.5 Å². The molecule has 0 aromatic rings. The van der Waals surface area contributed by atoms with Crippen molar-refractivity contribution in [1.82, 2.24) is 5.32 Å². The number of nitriles is 1. The van der Waals surface area contributed by atoms with E-state index >= 15 is 0 Å². The first-order valence-electron chi connectivity index (χ1n) is 3.29. The third kappa shape index (κ3) is 7.69. The van der Waals surface area contributed by atoms with Gasteiger partial charge in [0.2, 0.25) is 0 Å². The fourth-order valence-corrected chi connectivity index (χ4v) is 0.939. The molecule has 0 aliphatic rings. The molecular formula is C6H9F3N2S. The number of alkyl halides is 3. The van der Waals surface area contributed by atoms with Gasteiger partial charge in [0.05, 0.1) is 12.1 Å². The lowest BCUT2D eigenvalue weighted by Gasteiger charge is -2.07. The lowest BCUT2D eigenvalue weighted by atomic mass is 10.4. The van der Waals surface area contributed by atoms with Crippen molar-refractivity contribution < 1.29 is 13.2 Å². The zero-order valence-electron chi connectivity index (χ0n) is 6.48. The summed E-state index contributed by atoms with van der Waals surface area (Å²) in [6, 6.07) is 1.47. The van der Waals surface area contributed by atoms with Crippen molar-refractivity contribution in [1.29, 1.82) is 5.26 Å². The maximum Gasteiger partial charge on any atom is 0.441 e. The first-order chi connectivity index (χ1) is 5.45. The van der Waals surface area contributed by atoms with Gasteiger partial charge in [0.15, 0.2) is 0 Å². The fraction of sp³-hybridized carbons (Fsp3) is 0.833. The fourth-order valence-electron chi connectivity index (χ4n) is 0.488. The Labute approximate surface area is 73.1 Å². The van der Waals surface area contributed by atoms with Crippen LogP contribution in [-0.2, 0) is 0 Å². The summed E-state index contributed by atoms with van der Waals surface area (Å²) >= 11 is -0.0859. The van der Waals surface area contributed by atoms with Crippen LogP contribution in [0.4, 0.5) is 13.2 Å². The molecule has 0 heterocycles. The van der Waals surface area contributed by atoms with Crippen LogP contribution in [0.1, 0.15) is 6.92 Å². The summed E-state index contributed by atoms with van der Waals surface area (Å²) in [6.45, 7) is 1.79. The van der Waals surface area contributed by atoms with Crippen molar-refractivity contribution in [3.63, 3.8) is 0 Å². The first-order valence-corrected chi connectivity index (χ1v) is 4.28. The molecule has 0 aromatic heterocycles. The van der Waals surface area contributed by atoms with Gasteiger partial charge in [0, 0.05) is 12.3 Å². The Balaban J connectivity index is 3.29. The van der Waals surface area contributed by atoms with Crippen molar-refractivity contribution in [2.24, 2.45) is 0 Å². The second-order valence-corrected chi connectivity index (χ2v) is 3.26. The molecule has 0 saturated carbocycles. The Hall–Kier alpha value is -0.410. The van der Waals surface area contributed by atoms with E-state index in [1.54, 1.807) is 6.92 Å². The molecule has 0 fully saturated rings. The summed E-state index contributed by atoms with van der Waals surface area (Å²) in [5.41, 5.74) is -4.17. The highest BCUT2D eigenvalue weighted by molar-refractivity contribution is 8.00. The molecule has 12 heavy (non-hydrogen) atoms. The van der Waals surface area contributed by atoms with E-state index in [1.807, 2.05) is 6.07 Å². The molecule has 0 spiro atoms. The maximum atomic E-state index is 11.5. The number of hydrogen-bond donors (Lipinski definition) is 1. The molecule has 2 nitrogen and oxygen atoms in total. The SMILES string of the molecule is CC(C#N)NCCSC(F)(F)F. The van der Waals surface area contributed by atoms with Crippen LogP contribution in [0.3, 0.4) is 0 Å². The highest BCUT2D eigenvalue weighted by atomic mass is 32.2. The van der Waals surface area contributed by atoms with Crippen LogP contribution in [0, 0.1) is 11.3 Å². The zero-order chi connectivity index (χ0) is 9.61. The van der Waals surface area contributed by atoms with Crippen LogP contribution in [0.2, 0.25) is 0 Å².